The third-order valence-corrected chi connectivity index (χ3v) is 4.25. The highest BCUT2D eigenvalue weighted by Gasteiger charge is 1.99. The summed E-state index contributed by atoms with van der Waals surface area (Å²) in [5, 5.41) is 11.7. The molecular formula is C22H28ClNO2. The van der Waals surface area contributed by atoms with Crippen LogP contribution in [0.1, 0.15) is 36.5 Å². The van der Waals surface area contributed by atoms with Gasteiger partial charge in [0.25, 0.3) is 0 Å². The Morgan fingerprint density at radius 1 is 1.00 bits per heavy atom. The predicted molar refractivity (Wildman–Crippen MR) is 111 cm³/mol. The highest BCUT2D eigenvalue weighted by atomic mass is 35.5. The van der Waals surface area contributed by atoms with Crippen LogP contribution in [0.4, 0.5) is 0 Å². The summed E-state index contributed by atoms with van der Waals surface area (Å²) in [5.74, 6) is -0.768. The van der Waals surface area contributed by atoms with Gasteiger partial charge < -0.3 is 10.4 Å². The van der Waals surface area contributed by atoms with Gasteiger partial charge in [0.15, 0.2) is 0 Å². The van der Waals surface area contributed by atoms with Crippen molar-refractivity contribution in [1.29, 1.82) is 0 Å². The second-order valence-electron chi connectivity index (χ2n) is 6.27. The SMILES string of the molecule is C/C(=C/CNCCC(=O)O)c1ccc(CCCc2ccccc2)cc1.Cl. The minimum atomic E-state index is -0.768. The van der Waals surface area contributed by atoms with Gasteiger partial charge in [-0.3, -0.25) is 4.79 Å². The summed E-state index contributed by atoms with van der Waals surface area (Å²) in [6.07, 6.45) is 5.63. The van der Waals surface area contributed by atoms with Crippen molar-refractivity contribution in [3.05, 3.63) is 77.4 Å². The molecule has 0 aliphatic heterocycles. The lowest BCUT2D eigenvalue weighted by Gasteiger charge is -2.06. The van der Waals surface area contributed by atoms with Crippen molar-refractivity contribution in [3.63, 3.8) is 0 Å². The second-order valence-corrected chi connectivity index (χ2v) is 6.27. The summed E-state index contributed by atoms with van der Waals surface area (Å²) >= 11 is 0. The van der Waals surface area contributed by atoms with E-state index in [1.165, 1.54) is 22.3 Å². The van der Waals surface area contributed by atoms with E-state index in [-0.39, 0.29) is 18.8 Å². The number of hydrogen-bond donors (Lipinski definition) is 2. The molecule has 0 atom stereocenters. The normalized spacial score (nSPS) is 11.0. The molecule has 26 heavy (non-hydrogen) atoms. The van der Waals surface area contributed by atoms with Gasteiger partial charge in [-0.15, -0.1) is 12.4 Å². The molecule has 2 N–H and O–H groups in total. The predicted octanol–water partition coefficient (Wildman–Crippen LogP) is 4.75. The molecule has 3 nitrogen and oxygen atoms in total. The van der Waals surface area contributed by atoms with Crippen LogP contribution in [0.25, 0.3) is 5.57 Å². The zero-order chi connectivity index (χ0) is 17.9. The molecule has 0 heterocycles. The van der Waals surface area contributed by atoms with E-state index < -0.39 is 5.97 Å². The summed E-state index contributed by atoms with van der Waals surface area (Å²) in [6, 6.07) is 19.3. The number of allylic oxidation sites excluding steroid dienone is 1. The van der Waals surface area contributed by atoms with Crippen LogP contribution in [-0.4, -0.2) is 24.2 Å². The van der Waals surface area contributed by atoms with Crippen LogP contribution in [0, 0.1) is 0 Å². The van der Waals surface area contributed by atoms with Crippen molar-refractivity contribution in [3.8, 4) is 0 Å². The van der Waals surface area contributed by atoms with E-state index in [4.69, 9.17) is 5.11 Å². The molecule has 2 aromatic carbocycles. The molecule has 0 aromatic heterocycles. The molecule has 2 aromatic rings. The Morgan fingerprint density at radius 3 is 2.23 bits per heavy atom. The minimum absolute atomic E-state index is 0. The highest BCUT2D eigenvalue weighted by molar-refractivity contribution is 5.85. The molecule has 0 amide bonds. The van der Waals surface area contributed by atoms with E-state index >= 15 is 0 Å². The van der Waals surface area contributed by atoms with Gasteiger partial charge in [-0.2, -0.15) is 0 Å². The first-order chi connectivity index (χ1) is 12.1. The molecule has 0 aliphatic rings. The zero-order valence-corrected chi connectivity index (χ0v) is 16.1. The Kier molecular flexibility index (Phi) is 10.4. The van der Waals surface area contributed by atoms with E-state index in [0.29, 0.717) is 13.1 Å². The lowest BCUT2D eigenvalue weighted by atomic mass is 10.0. The maximum absolute atomic E-state index is 10.4. The third-order valence-electron chi connectivity index (χ3n) is 4.25. The number of carboxylic acid groups (broad SMARTS) is 1. The Balaban J connectivity index is 0.00000338. The number of aryl methyl sites for hydroxylation is 2. The average molecular weight is 374 g/mol. The van der Waals surface area contributed by atoms with Crippen LogP contribution < -0.4 is 5.32 Å². The fourth-order valence-electron chi connectivity index (χ4n) is 2.72. The van der Waals surface area contributed by atoms with Crippen LogP contribution >= 0.6 is 12.4 Å². The van der Waals surface area contributed by atoms with Gasteiger partial charge in [-0.25, -0.2) is 0 Å². The van der Waals surface area contributed by atoms with Gasteiger partial charge in [0.1, 0.15) is 0 Å². The van der Waals surface area contributed by atoms with Crippen molar-refractivity contribution < 1.29 is 9.90 Å². The Morgan fingerprint density at radius 2 is 1.62 bits per heavy atom. The van der Waals surface area contributed by atoms with Gasteiger partial charge >= 0.3 is 5.97 Å². The number of benzene rings is 2. The highest BCUT2D eigenvalue weighted by Crippen LogP contribution is 2.16. The largest absolute Gasteiger partial charge is 0.481 e. The number of halogens is 1. The molecule has 140 valence electrons. The molecule has 0 fully saturated rings. The van der Waals surface area contributed by atoms with Crippen molar-refractivity contribution in [2.75, 3.05) is 13.1 Å². The van der Waals surface area contributed by atoms with E-state index in [0.717, 1.165) is 19.3 Å². The number of aliphatic carboxylic acids is 1. The first-order valence-corrected chi connectivity index (χ1v) is 8.87. The van der Waals surface area contributed by atoms with Crippen LogP contribution in [-0.2, 0) is 17.6 Å². The van der Waals surface area contributed by atoms with E-state index in [2.05, 4.69) is 72.9 Å². The maximum atomic E-state index is 10.4. The summed E-state index contributed by atoms with van der Waals surface area (Å²) in [6.45, 7) is 3.28. The first kappa shape index (κ1) is 21.9. The molecule has 0 radical (unpaired) electrons. The fraction of sp³-hybridized carbons (Fsp3) is 0.318. The molecule has 0 unspecified atom stereocenters. The zero-order valence-electron chi connectivity index (χ0n) is 15.3. The van der Waals surface area contributed by atoms with Crippen molar-refractivity contribution in [2.45, 2.75) is 32.6 Å². The van der Waals surface area contributed by atoms with Crippen LogP contribution in [0.5, 0.6) is 0 Å². The standard InChI is InChI=1S/C22H27NO2.ClH/c1-18(14-16-23-17-15-22(24)25)21-12-10-20(11-13-21)9-5-8-19-6-3-2-4-7-19;/h2-4,6-7,10-14,23H,5,8-9,15-17H2,1H3,(H,24,25);1H/b18-14-;. The quantitative estimate of drug-likeness (QED) is 0.591. The number of hydrogen-bond acceptors (Lipinski definition) is 2. The minimum Gasteiger partial charge on any atom is -0.481 e. The van der Waals surface area contributed by atoms with Crippen molar-refractivity contribution in [2.24, 2.45) is 0 Å². The summed E-state index contributed by atoms with van der Waals surface area (Å²) < 4.78 is 0. The number of rotatable bonds is 10. The molecule has 4 heteroatoms. The molecule has 0 saturated carbocycles. The lowest BCUT2D eigenvalue weighted by Crippen LogP contribution is -2.18. The van der Waals surface area contributed by atoms with Crippen LogP contribution in [0.3, 0.4) is 0 Å². The van der Waals surface area contributed by atoms with Crippen LogP contribution in [0.2, 0.25) is 0 Å². The second kappa shape index (κ2) is 12.3. The molecular weight excluding hydrogens is 346 g/mol. The van der Waals surface area contributed by atoms with Gasteiger partial charge in [0.2, 0.25) is 0 Å². The van der Waals surface area contributed by atoms with E-state index in [1.807, 2.05) is 0 Å². The Hall–Kier alpha value is -2.10. The summed E-state index contributed by atoms with van der Waals surface area (Å²) in [5.41, 5.74) is 5.19. The number of carbonyl (C=O) groups is 1. The van der Waals surface area contributed by atoms with Gasteiger partial charge in [0, 0.05) is 13.1 Å². The van der Waals surface area contributed by atoms with E-state index in [9.17, 15) is 4.79 Å². The lowest BCUT2D eigenvalue weighted by molar-refractivity contribution is -0.136. The number of carboxylic acids is 1. The third kappa shape index (κ3) is 8.32. The van der Waals surface area contributed by atoms with Crippen molar-refractivity contribution in [1.82, 2.24) is 5.32 Å². The molecule has 0 spiro atoms. The van der Waals surface area contributed by atoms with Crippen molar-refractivity contribution >= 4 is 23.9 Å². The topological polar surface area (TPSA) is 49.3 Å². The van der Waals surface area contributed by atoms with Crippen LogP contribution in [0.15, 0.2) is 60.7 Å². The first-order valence-electron chi connectivity index (χ1n) is 8.87. The Bertz CT molecular complexity index is 681. The summed E-state index contributed by atoms with van der Waals surface area (Å²) in [7, 11) is 0. The monoisotopic (exact) mass is 373 g/mol. The fourth-order valence-corrected chi connectivity index (χ4v) is 2.72. The molecule has 0 bridgehead atoms. The van der Waals surface area contributed by atoms with Gasteiger partial charge in [-0.05, 0) is 48.4 Å². The van der Waals surface area contributed by atoms with Gasteiger partial charge in [-0.1, -0.05) is 60.7 Å². The molecule has 0 aliphatic carbocycles. The number of nitrogens with one attached hydrogen (secondary N) is 1. The molecule has 0 saturated heterocycles. The smallest absolute Gasteiger partial charge is 0.304 e. The Labute approximate surface area is 162 Å². The maximum Gasteiger partial charge on any atom is 0.304 e. The van der Waals surface area contributed by atoms with Gasteiger partial charge in [0.05, 0.1) is 6.42 Å². The average Bonchev–Trinajstić information content (AvgIpc) is 2.62. The molecule has 2 rings (SSSR count). The van der Waals surface area contributed by atoms with E-state index in [1.54, 1.807) is 0 Å². The summed E-state index contributed by atoms with van der Waals surface area (Å²) in [4.78, 5) is 10.4.